The molecule has 6 heteroatoms. The first-order chi connectivity index (χ1) is 7.07. The third-order valence-corrected chi connectivity index (χ3v) is 1.68. The van der Waals surface area contributed by atoms with Crippen LogP contribution in [-0.4, -0.2) is 34.9 Å². The standard InChI is InChI=1S/C9H16O6/c1-2-14-15-7(9(12)13)5-3-4-6-8(10)11/h7H,2-6H2,1H3,(H,10,11)(H,12,13). The number of hydrogen-bond acceptors (Lipinski definition) is 4. The topological polar surface area (TPSA) is 93.1 Å². The van der Waals surface area contributed by atoms with E-state index in [-0.39, 0.29) is 19.4 Å². The van der Waals surface area contributed by atoms with Crippen LogP contribution >= 0.6 is 0 Å². The average molecular weight is 220 g/mol. The van der Waals surface area contributed by atoms with Gasteiger partial charge in [0.05, 0.1) is 6.61 Å². The van der Waals surface area contributed by atoms with Crippen molar-refractivity contribution >= 4 is 11.9 Å². The SMILES string of the molecule is CCOOC(CCCCC(=O)O)C(=O)O. The van der Waals surface area contributed by atoms with Crippen LogP contribution in [0.1, 0.15) is 32.6 Å². The average Bonchev–Trinajstić information content (AvgIpc) is 2.15. The van der Waals surface area contributed by atoms with Crippen LogP contribution in [0.5, 0.6) is 0 Å². The van der Waals surface area contributed by atoms with Crippen molar-refractivity contribution < 1.29 is 29.6 Å². The minimum absolute atomic E-state index is 0.0426. The molecule has 88 valence electrons. The second-order valence-electron chi connectivity index (χ2n) is 2.97. The van der Waals surface area contributed by atoms with E-state index in [1.54, 1.807) is 6.92 Å². The highest BCUT2D eigenvalue weighted by Crippen LogP contribution is 2.07. The fraction of sp³-hybridized carbons (Fsp3) is 0.778. The van der Waals surface area contributed by atoms with E-state index in [4.69, 9.17) is 10.2 Å². The fourth-order valence-corrected chi connectivity index (χ4v) is 0.969. The highest BCUT2D eigenvalue weighted by atomic mass is 17.2. The van der Waals surface area contributed by atoms with Gasteiger partial charge in [-0.25, -0.2) is 14.6 Å². The molecule has 0 radical (unpaired) electrons. The van der Waals surface area contributed by atoms with Crippen LogP contribution in [-0.2, 0) is 19.4 Å². The third kappa shape index (κ3) is 7.90. The van der Waals surface area contributed by atoms with Gasteiger partial charge in [-0.1, -0.05) is 0 Å². The molecule has 0 saturated heterocycles. The predicted molar refractivity (Wildman–Crippen MR) is 50.2 cm³/mol. The summed E-state index contributed by atoms with van der Waals surface area (Å²) < 4.78 is 0. The molecule has 0 aliphatic rings. The molecule has 0 aromatic rings. The molecule has 15 heavy (non-hydrogen) atoms. The van der Waals surface area contributed by atoms with E-state index in [1.165, 1.54) is 0 Å². The van der Waals surface area contributed by atoms with Crippen molar-refractivity contribution in [2.75, 3.05) is 6.61 Å². The summed E-state index contributed by atoms with van der Waals surface area (Å²) >= 11 is 0. The molecule has 0 rings (SSSR count). The molecule has 0 heterocycles. The van der Waals surface area contributed by atoms with Crippen LogP contribution in [0, 0.1) is 0 Å². The van der Waals surface area contributed by atoms with Gasteiger partial charge < -0.3 is 10.2 Å². The fourth-order valence-electron chi connectivity index (χ4n) is 0.969. The molecule has 0 fully saturated rings. The second-order valence-corrected chi connectivity index (χ2v) is 2.97. The van der Waals surface area contributed by atoms with Crippen molar-refractivity contribution in [1.82, 2.24) is 0 Å². The highest BCUT2D eigenvalue weighted by Gasteiger charge is 2.18. The summed E-state index contributed by atoms with van der Waals surface area (Å²) in [6.07, 6.45) is 0.202. The van der Waals surface area contributed by atoms with E-state index >= 15 is 0 Å². The molecule has 6 nitrogen and oxygen atoms in total. The van der Waals surface area contributed by atoms with Crippen LogP contribution < -0.4 is 0 Å². The zero-order valence-electron chi connectivity index (χ0n) is 8.64. The predicted octanol–water partition coefficient (Wildman–Crippen LogP) is 1.05. The van der Waals surface area contributed by atoms with Gasteiger partial charge in [-0.15, -0.1) is 0 Å². The zero-order valence-corrected chi connectivity index (χ0v) is 8.64. The minimum Gasteiger partial charge on any atom is -0.481 e. The smallest absolute Gasteiger partial charge is 0.336 e. The Balaban J connectivity index is 3.66. The molecule has 2 N–H and O–H groups in total. The maximum absolute atomic E-state index is 10.6. The lowest BCUT2D eigenvalue weighted by molar-refractivity contribution is -0.318. The Bertz CT molecular complexity index is 203. The summed E-state index contributed by atoms with van der Waals surface area (Å²) in [5, 5.41) is 17.0. The number of aliphatic carboxylic acids is 2. The van der Waals surface area contributed by atoms with E-state index < -0.39 is 18.0 Å². The second kappa shape index (κ2) is 8.19. The Morgan fingerprint density at radius 3 is 2.40 bits per heavy atom. The van der Waals surface area contributed by atoms with Crippen molar-refractivity contribution in [2.24, 2.45) is 0 Å². The maximum Gasteiger partial charge on any atom is 0.336 e. The Morgan fingerprint density at radius 1 is 1.27 bits per heavy atom. The molecule has 0 bridgehead atoms. The Hall–Kier alpha value is -1.14. The summed E-state index contributed by atoms with van der Waals surface area (Å²) in [4.78, 5) is 29.9. The van der Waals surface area contributed by atoms with Gasteiger partial charge >= 0.3 is 11.9 Å². The number of carbonyl (C=O) groups is 2. The van der Waals surface area contributed by atoms with Gasteiger partial charge in [0, 0.05) is 6.42 Å². The monoisotopic (exact) mass is 220 g/mol. The Morgan fingerprint density at radius 2 is 1.93 bits per heavy atom. The summed E-state index contributed by atoms with van der Waals surface area (Å²) in [6, 6.07) is 0. The lowest BCUT2D eigenvalue weighted by Gasteiger charge is -2.10. The Kier molecular flexibility index (Phi) is 7.57. The van der Waals surface area contributed by atoms with Gasteiger partial charge in [-0.05, 0) is 26.2 Å². The van der Waals surface area contributed by atoms with Crippen LogP contribution in [0.4, 0.5) is 0 Å². The van der Waals surface area contributed by atoms with Crippen molar-refractivity contribution in [3.63, 3.8) is 0 Å². The van der Waals surface area contributed by atoms with E-state index in [0.717, 1.165) is 0 Å². The van der Waals surface area contributed by atoms with Gasteiger partial charge in [0.2, 0.25) is 0 Å². The number of carboxylic acid groups (broad SMARTS) is 2. The molecule has 0 spiro atoms. The van der Waals surface area contributed by atoms with Crippen molar-refractivity contribution in [3.05, 3.63) is 0 Å². The van der Waals surface area contributed by atoms with Gasteiger partial charge in [-0.3, -0.25) is 4.79 Å². The van der Waals surface area contributed by atoms with E-state index in [9.17, 15) is 9.59 Å². The molecule has 0 aliphatic carbocycles. The molecule has 0 aliphatic heterocycles. The summed E-state index contributed by atoms with van der Waals surface area (Å²) in [6.45, 7) is 1.96. The number of hydrogen-bond donors (Lipinski definition) is 2. The summed E-state index contributed by atoms with van der Waals surface area (Å²) in [5.41, 5.74) is 0. The van der Waals surface area contributed by atoms with E-state index in [2.05, 4.69) is 9.78 Å². The van der Waals surface area contributed by atoms with Gasteiger partial charge in [0.1, 0.15) is 0 Å². The molecular weight excluding hydrogens is 204 g/mol. The number of unbranched alkanes of at least 4 members (excludes halogenated alkanes) is 1. The highest BCUT2D eigenvalue weighted by molar-refractivity contribution is 5.72. The summed E-state index contributed by atoms with van der Waals surface area (Å²) in [5.74, 6) is -1.98. The first kappa shape index (κ1) is 13.9. The van der Waals surface area contributed by atoms with Crippen molar-refractivity contribution in [1.29, 1.82) is 0 Å². The van der Waals surface area contributed by atoms with Crippen LogP contribution in [0.2, 0.25) is 0 Å². The maximum atomic E-state index is 10.6. The van der Waals surface area contributed by atoms with Crippen molar-refractivity contribution in [2.45, 2.75) is 38.7 Å². The zero-order chi connectivity index (χ0) is 11.7. The molecule has 0 amide bonds. The number of rotatable bonds is 9. The normalized spacial score (nSPS) is 12.3. The van der Waals surface area contributed by atoms with Crippen LogP contribution in [0.25, 0.3) is 0 Å². The van der Waals surface area contributed by atoms with Crippen LogP contribution in [0.3, 0.4) is 0 Å². The van der Waals surface area contributed by atoms with E-state index in [0.29, 0.717) is 12.8 Å². The van der Waals surface area contributed by atoms with Crippen LogP contribution in [0.15, 0.2) is 0 Å². The molecule has 1 unspecified atom stereocenters. The first-order valence-electron chi connectivity index (χ1n) is 4.80. The van der Waals surface area contributed by atoms with Gasteiger partial charge in [-0.2, -0.15) is 0 Å². The Labute approximate surface area is 87.7 Å². The van der Waals surface area contributed by atoms with Crippen molar-refractivity contribution in [3.8, 4) is 0 Å². The molecular formula is C9H16O6. The van der Waals surface area contributed by atoms with Gasteiger partial charge in [0.25, 0.3) is 0 Å². The summed E-state index contributed by atoms with van der Waals surface area (Å²) in [7, 11) is 0. The number of carboxylic acids is 2. The lowest BCUT2D eigenvalue weighted by atomic mass is 10.1. The van der Waals surface area contributed by atoms with E-state index in [1.807, 2.05) is 0 Å². The minimum atomic E-state index is -1.10. The van der Waals surface area contributed by atoms with Gasteiger partial charge in [0.15, 0.2) is 6.10 Å². The largest absolute Gasteiger partial charge is 0.481 e. The molecule has 0 saturated carbocycles. The third-order valence-electron chi connectivity index (χ3n) is 1.68. The lowest BCUT2D eigenvalue weighted by Crippen LogP contribution is -2.24. The molecule has 0 aromatic heterocycles. The first-order valence-corrected chi connectivity index (χ1v) is 4.80. The molecule has 0 aromatic carbocycles. The molecule has 1 atom stereocenters. The quantitative estimate of drug-likeness (QED) is 0.343.